The van der Waals surface area contributed by atoms with Gasteiger partial charge in [0.25, 0.3) is 0 Å². The fourth-order valence-corrected chi connectivity index (χ4v) is 2.98. The number of oxime groups is 1. The summed E-state index contributed by atoms with van der Waals surface area (Å²) in [5.41, 5.74) is 4.97. The second-order valence-electron chi connectivity index (χ2n) is 5.21. The zero-order valence-electron chi connectivity index (χ0n) is 10.8. The monoisotopic (exact) mass is 255 g/mol. The highest BCUT2D eigenvalue weighted by Gasteiger charge is 2.48. The van der Waals surface area contributed by atoms with Gasteiger partial charge in [0.05, 0.1) is 12.6 Å². The zero-order chi connectivity index (χ0) is 13.2. The molecule has 0 radical (unpaired) electrons. The number of carbonyl (C=O) groups excluding carboxylic acids is 1. The summed E-state index contributed by atoms with van der Waals surface area (Å²) in [5.74, 6) is 0.0153. The molecule has 1 aliphatic carbocycles. The maximum absolute atomic E-state index is 12.7. The molecule has 3 N–H and O–H groups in total. The van der Waals surface area contributed by atoms with Crippen molar-refractivity contribution in [2.45, 2.75) is 38.1 Å². The maximum atomic E-state index is 12.7. The molecule has 2 rings (SSSR count). The molecule has 0 aromatic carbocycles. The molecule has 1 amide bonds. The highest BCUT2D eigenvalue weighted by molar-refractivity contribution is 6.07. The summed E-state index contributed by atoms with van der Waals surface area (Å²) in [5, 5.41) is 12.0. The highest BCUT2D eigenvalue weighted by atomic mass is 16.5. The predicted molar refractivity (Wildman–Crippen MR) is 66.3 cm³/mol. The Balaban J connectivity index is 2.18. The van der Waals surface area contributed by atoms with E-state index in [0.29, 0.717) is 26.1 Å². The van der Waals surface area contributed by atoms with Crippen molar-refractivity contribution in [2.24, 2.45) is 16.3 Å². The van der Waals surface area contributed by atoms with Crippen molar-refractivity contribution in [2.75, 3.05) is 20.3 Å². The smallest absolute Gasteiger partial charge is 0.236 e. The molecule has 1 atom stereocenters. The molecule has 1 heterocycles. The third-order valence-electron chi connectivity index (χ3n) is 4.24. The number of carbonyl (C=O) groups is 1. The summed E-state index contributed by atoms with van der Waals surface area (Å²) in [6.45, 7) is 1.27. The summed E-state index contributed by atoms with van der Waals surface area (Å²) in [7, 11) is 1.78. The van der Waals surface area contributed by atoms with Crippen LogP contribution >= 0.6 is 0 Å². The largest absolute Gasteiger partial charge is 0.409 e. The lowest BCUT2D eigenvalue weighted by Crippen LogP contribution is -2.51. The normalized spacial score (nSPS) is 27.4. The molecule has 0 aromatic rings. The molecule has 18 heavy (non-hydrogen) atoms. The van der Waals surface area contributed by atoms with Gasteiger partial charge in [-0.1, -0.05) is 18.0 Å². The Labute approximate surface area is 107 Å². The van der Waals surface area contributed by atoms with Crippen molar-refractivity contribution in [3.8, 4) is 0 Å². The lowest BCUT2D eigenvalue weighted by atomic mass is 9.83. The van der Waals surface area contributed by atoms with E-state index in [1.165, 1.54) is 0 Å². The summed E-state index contributed by atoms with van der Waals surface area (Å²) >= 11 is 0. The maximum Gasteiger partial charge on any atom is 0.236 e. The van der Waals surface area contributed by atoms with Gasteiger partial charge in [0.15, 0.2) is 5.84 Å². The minimum atomic E-state index is -0.800. The van der Waals surface area contributed by atoms with Crippen molar-refractivity contribution < 1.29 is 14.7 Å². The number of ether oxygens (including phenoxy) is 1. The van der Waals surface area contributed by atoms with E-state index in [1.54, 1.807) is 11.9 Å². The Morgan fingerprint density at radius 3 is 2.67 bits per heavy atom. The quantitative estimate of drug-likeness (QED) is 0.333. The third-order valence-corrected chi connectivity index (χ3v) is 4.24. The number of amidine groups is 1. The lowest BCUT2D eigenvalue weighted by molar-refractivity contribution is -0.139. The predicted octanol–water partition coefficient (Wildman–Crippen LogP) is 0.540. The van der Waals surface area contributed by atoms with Gasteiger partial charge in [-0.15, -0.1) is 0 Å². The van der Waals surface area contributed by atoms with Gasteiger partial charge >= 0.3 is 0 Å². The van der Waals surface area contributed by atoms with Gasteiger partial charge in [-0.3, -0.25) is 4.79 Å². The van der Waals surface area contributed by atoms with Crippen LogP contribution in [-0.2, 0) is 9.53 Å². The van der Waals surface area contributed by atoms with E-state index < -0.39 is 5.41 Å². The molecule has 0 bridgehead atoms. The van der Waals surface area contributed by atoms with Crippen LogP contribution in [-0.4, -0.2) is 48.2 Å². The first-order chi connectivity index (χ1) is 8.62. The molecule has 1 saturated carbocycles. The third kappa shape index (κ3) is 2.05. The average molecular weight is 255 g/mol. The van der Waals surface area contributed by atoms with Crippen molar-refractivity contribution in [3.63, 3.8) is 0 Å². The molecule has 0 aromatic heterocycles. The second-order valence-corrected chi connectivity index (χ2v) is 5.21. The van der Waals surface area contributed by atoms with Gasteiger partial charge in [0.2, 0.25) is 5.91 Å². The van der Waals surface area contributed by atoms with E-state index in [4.69, 9.17) is 15.7 Å². The first kappa shape index (κ1) is 13.1. The van der Waals surface area contributed by atoms with Crippen LogP contribution in [0.2, 0.25) is 0 Å². The van der Waals surface area contributed by atoms with Gasteiger partial charge in [0.1, 0.15) is 5.41 Å². The molecule has 1 aliphatic heterocycles. The van der Waals surface area contributed by atoms with Crippen LogP contribution in [0.5, 0.6) is 0 Å². The number of hydrogen-bond acceptors (Lipinski definition) is 4. The molecule has 102 valence electrons. The van der Waals surface area contributed by atoms with E-state index in [1.807, 2.05) is 0 Å². The summed E-state index contributed by atoms with van der Waals surface area (Å²) in [4.78, 5) is 14.4. The fourth-order valence-electron chi connectivity index (χ4n) is 2.98. The highest BCUT2D eigenvalue weighted by Crippen LogP contribution is 2.40. The van der Waals surface area contributed by atoms with Crippen LogP contribution in [0.1, 0.15) is 32.1 Å². The summed E-state index contributed by atoms with van der Waals surface area (Å²) < 4.78 is 5.31. The zero-order valence-corrected chi connectivity index (χ0v) is 10.8. The van der Waals surface area contributed by atoms with Crippen molar-refractivity contribution >= 4 is 11.7 Å². The summed E-state index contributed by atoms with van der Waals surface area (Å²) in [6.07, 6.45) is 4.07. The Morgan fingerprint density at radius 2 is 2.17 bits per heavy atom. The fraction of sp³-hybridized carbons (Fsp3) is 0.833. The SMILES string of the molecule is CN(C(=O)C1(C(N)=NO)CCCC1)C1CCOC1. The Morgan fingerprint density at radius 1 is 1.50 bits per heavy atom. The molecule has 6 heteroatoms. The Bertz CT molecular complexity index is 344. The topological polar surface area (TPSA) is 88.2 Å². The molecular formula is C12H21N3O3. The minimum absolute atomic E-state index is 0.0363. The number of rotatable bonds is 3. The van der Waals surface area contributed by atoms with Gasteiger partial charge in [0, 0.05) is 13.7 Å². The molecule has 1 unspecified atom stereocenters. The molecular weight excluding hydrogens is 234 g/mol. The average Bonchev–Trinajstić information content (AvgIpc) is 3.07. The van der Waals surface area contributed by atoms with Crippen LogP contribution in [0.15, 0.2) is 5.16 Å². The van der Waals surface area contributed by atoms with E-state index in [-0.39, 0.29) is 17.8 Å². The van der Waals surface area contributed by atoms with Gasteiger partial charge in [-0.2, -0.15) is 0 Å². The van der Waals surface area contributed by atoms with Crippen LogP contribution in [0, 0.1) is 5.41 Å². The molecule has 6 nitrogen and oxygen atoms in total. The summed E-state index contributed by atoms with van der Waals surface area (Å²) in [6, 6.07) is 0.112. The standard InChI is InChI=1S/C12H21N3O3/c1-15(9-4-7-18-8-9)11(16)12(10(13)14-17)5-2-3-6-12/h9,17H,2-8H2,1H3,(H2,13,14). The minimum Gasteiger partial charge on any atom is -0.409 e. The van der Waals surface area contributed by atoms with E-state index in [0.717, 1.165) is 19.3 Å². The van der Waals surface area contributed by atoms with Gasteiger partial charge < -0.3 is 20.6 Å². The van der Waals surface area contributed by atoms with E-state index >= 15 is 0 Å². The first-order valence-corrected chi connectivity index (χ1v) is 6.45. The number of nitrogens with two attached hydrogens (primary N) is 1. The van der Waals surface area contributed by atoms with Gasteiger partial charge in [-0.05, 0) is 19.3 Å². The lowest BCUT2D eigenvalue weighted by Gasteiger charge is -2.33. The van der Waals surface area contributed by atoms with Crippen molar-refractivity contribution in [3.05, 3.63) is 0 Å². The molecule has 2 fully saturated rings. The Kier molecular flexibility index (Phi) is 3.75. The van der Waals surface area contributed by atoms with E-state index in [2.05, 4.69) is 5.16 Å². The number of hydrogen-bond donors (Lipinski definition) is 2. The molecule has 0 spiro atoms. The van der Waals surface area contributed by atoms with Crippen molar-refractivity contribution in [1.82, 2.24) is 4.90 Å². The first-order valence-electron chi connectivity index (χ1n) is 6.45. The number of nitrogens with zero attached hydrogens (tertiary/aromatic N) is 2. The molecule has 1 saturated heterocycles. The van der Waals surface area contributed by atoms with Crippen molar-refractivity contribution in [1.29, 1.82) is 0 Å². The van der Waals surface area contributed by atoms with Crippen LogP contribution in [0.25, 0.3) is 0 Å². The van der Waals surface area contributed by atoms with E-state index in [9.17, 15) is 4.79 Å². The van der Waals surface area contributed by atoms with Gasteiger partial charge in [-0.25, -0.2) is 0 Å². The number of amides is 1. The van der Waals surface area contributed by atoms with Crippen LogP contribution < -0.4 is 5.73 Å². The van der Waals surface area contributed by atoms with Crippen LogP contribution in [0.4, 0.5) is 0 Å². The van der Waals surface area contributed by atoms with Crippen LogP contribution in [0.3, 0.4) is 0 Å². The Hall–Kier alpha value is -1.30. The number of likely N-dealkylation sites (N-methyl/N-ethyl adjacent to an activating group) is 1. The molecule has 2 aliphatic rings. The second kappa shape index (κ2) is 5.14.